The summed E-state index contributed by atoms with van der Waals surface area (Å²) in [5.74, 6) is -0.163. The summed E-state index contributed by atoms with van der Waals surface area (Å²) >= 11 is 1.07. The smallest absolute Gasteiger partial charge is 0.284 e. The Labute approximate surface area is 108 Å². The van der Waals surface area contributed by atoms with Crippen molar-refractivity contribution in [2.45, 2.75) is 11.8 Å². The fraction of sp³-hybridized carbons (Fsp3) is 0.100. The van der Waals surface area contributed by atoms with Crippen molar-refractivity contribution < 1.29 is 8.42 Å². The minimum Gasteiger partial charge on any atom is -0.381 e. The summed E-state index contributed by atoms with van der Waals surface area (Å²) in [4.78, 5) is 0.0965. The minimum absolute atomic E-state index is 0.0965. The van der Waals surface area contributed by atoms with Gasteiger partial charge >= 0.3 is 0 Å². The van der Waals surface area contributed by atoms with Gasteiger partial charge in [-0.05, 0) is 30.6 Å². The molecule has 0 unspecified atom stereocenters. The van der Waals surface area contributed by atoms with Gasteiger partial charge in [0.25, 0.3) is 10.0 Å². The summed E-state index contributed by atoms with van der Waals surface area (Å²) in [6.45, 7) is 1.87. The van der Waals surface area contributed by atoms with Crippen LogP contribution in [0, 0.1) is 6.92 Å². The van der Waals surface area contributed by atoms with Gasteiger partial charge in [0.1, 0.15) is 5.69 Å². The summed E-state index contributed by atoms with van der Waals surface area (Å²) in [5, 5.41) is 5.19. The lowest BCUT2D eigenvalue weighted by Gasteiger charge is -2.00. The second-order valence-corrected chi connectivity index (χ2v) is 5.77. The molecule has 0 saturated heterocycles. The van der Waals surface area contributed by atoms with Gasteiger partial charge in [0.2, 0.25) is 0 Å². The number of nitrogens with two attached hydrogens (primary N) is 1. The molecular formula is C10H10N4O2S2. The van der Waals surface area contributed by atoms with Gasteiger partial charge in [-0.3, -0.25) is 0 Å². The molecule has 0 atom stereocenters. The first-order valence-corrected chi connectivity index (χ1v) is 7.21. The first kappa shape index (κ1) is 12.7. The Morgan fingerprint density at radius 1 is 1.33 bits per heavy atom. The van der Waals surface area contributed by atoms with E-state index in [4.69, 9.17) is 5.73 Å². The van der Waals surface area contributed by atoms with Crippen LogP contribution in [0.15, 0.2) is 38.9 Å². The lowest BCUT2D eigenvalue weighted by molar-refractivity contribution is 0.598. The third-order valence-corrected chi connectivity index (χ3v) is 3.97. The van der Waals surface area contributed by atoms with Crippen molar-refractivity contribution in [3.8, 4) is 0 Å². The molecule has 2 N–H and O–H groups in total. The molecule has 0 amide bonds. The zero-order chi connectivity index (χ0) is 13.2. The highest BCUT2D eigenvalue weighted by molar-refractivity contribution is 7.90. The summed E-state index contributed by atoms with van der Waals surface area (Å²) in [7, 11) is -3.80. The van der Waals surface area contributed by atoms with E-state index >= 15 is 0 Å². The van der Waals surface area contributed by atoms with Crippen molar-refractivity contribution in [2.75, 3.05) is 0 Å². The lowest BCUT2D eigenvalue weighted by Crippen LogP contribution is -2.16. The topological polar surface area (TPSA) is 98.3 Å². The number of hydrogen-bond acceptors (Lipinski definition) is 5. The number of benzene rings is 1. The standard InChI is InChI=1S/C10H10N4O2S2/c1-7-2-4-8(5-3-7)18(15,16)13-10(11)9-6-17-14-12-9/h2-6H,1H3,(H2,11,13). The third kappa shape index (κ3) is 2.71. The van der Waals surface area contributed by atoms with Gasteiger partial charge in [0.15, 0.2) is 5.84 Å². The summed E-state index contributed by atoms with van der Waals surface area (Å²) in [5.41, 5.74) is 6.79. The highest BCUT2D eigenvalue weighted by Crippen LogP contribution is 2.13. The van der Waals surface area contributed by atoms with Crippen LogP contribution in [0.2, 0.25) is 0 Å². The van der Waals surface area contributed by atoms with Crippen LogP contribution in [0.1, 0.15) is 11.3 Å². The molecule has 1 aromatic carbocycles. The van der Waals surface area contributed by atoms with Crippen molar-refractivity contribution in [1.29, 1.82) is 0 Å². The Kier molecular flexibility index (Phi) is 3.39. The van der Waals surface area contributed by atoms with Gasteiger partial charge in [0, 0.05) is 5.38 Å². The van der Waals surface area contributed by atoms with E-state index in [1.807, 2.05) is 6.92 Å². The normalized spacial score (nSPS) is 12.6. The van der Waals surface area contributed by atoms with Crippen molar-refractivity contribution in [3.05, 3.63) is 40.9 Å². The van der Waals surface area contributed by atoms with Crippen LogP contribution < -0.4 is 5.73 Å². The van der Waals surface area contributed by atoms with Gasteiger partial charge in [-0.1, -0.05) is 22.2 Å². The first-order valence-electron chi connectivity index (χ1n) is 4.93. The van der Waals surface area contributed by atoms with Gasteiger partial charge in [-0.2, -0.15) is 8.42 Å². The van der Waals surface area contributed by atoms with Crippen LogP contribution in [0.5, 0.6) is 0 Å². The molecule has 0 spiro atoms. The molecule has 0 aliphatic heterocycles. The Hall–Kier alpha value is -1.80. The Morgan fingerprint density at radius 3 is 2.56 bits per heavy atom. The number of amidine groups is 1. The molecule has 8 heteroatoms. The van der Waals surface area contributed by atoms with Gasteiger partial charge < -0.3 is 5.73 Å². The van der Waals surface area contributed by atoms with E-state index in [-0.39, 0.29) is 16.4 Å². The first-order chi connectivity index (χ1) is 8.49. The molecule has 0 saturated carbocycles. The van der Waals surface area contributed by atoms with Gasteiger partial charge in [-0.25, -0.2) is 0 Å². The average Bonchev–Trinajstić information content (AvgIpc) is 2.82. The molecule has 2 aromatic rings. The molecule has 94 valence electrons. The zero-order valence-corrected chi connectivity index (χ0v) is 11.1. The molecule has 2 rings (SSSR count). The molecule has 1 heterocycles. The minimum atomic E-state index is -3.80. The highest BCUT2D eigenvalue weighted by atomic mass is 32.2. The molecule has 0 bridgehead atoms. The summed E-state index contributed by atoms with van der Waals surface area (Å²) < 4.78 is 31.0. The third-order valence-electron chi connectivity index (χ3n) is 2.16. The van der Waals surface area contributed by atoms with E-state index in [1.165, 1.54) is 17.5 Å². The van der Waals surface area contributed by atoms with E-state index in [9.17, 15) is 8.42 Å². The molecular weight excluding hydrogens is 272 g/mol. The van der Waals surface area contributed by atoms with Crippen LogP contribution in [0.3, 0.4) is 0 Å². The number of aromatic nitrogens is 2. The van der Waals surface area contributed by atoms with E-state index in [2.05, 4.69) is 14.0 Å². The summed E-state index contributed by atoms with van der Waals surface area (Å²) in [6.07, 6.45) is 0. The number of nitrogens with zero attached hydrogens (tertiary/aromatic N) is 3. The second kappa shape index (κ2) is 4.83. The van der Waals surface area contributed by atoms with Crippen LogP contribution in [0.25, 0.3) is 0 Å². The lowest BCUT2D eigenvalue weighted by atomic mass is 10.2. The Balaban J connectivity index is 2.38. The van der Waals surface area contributed by atoms with Crippen LogP contribution >= 0.6 is 11.5 Å². The van der Waals surface area contributed by atoms with Crippen molar-refractivity contribution in [1.82, 2.24) is 9.59 Å². The fourth-order valence-corrected chi connectivity index (χ4v) is 2.60. The number of hydrogen-bond donors (Lipinski definition) is 1. The van der Waals surface area contributed by atoms with Gasteiger partial charge in [-0.15, -0.1) is 9.50 Å². The monoisotopic (exact) mass is 282 g/mol. The predicted molar refractivity (Wildman–Crippen MR) is 69.0 cm³/mol. The Morgan fingerprint density at radius 2 is 2.00 bits per heavy atom. The number of sulfonamides is 1. The molecule has 0 radical (unpaired) electrons. The zero-order valence-electron chi connectivity index (χ0n) is 9.44. The molecule has 18 heavy (non-hydrogen) atoms. The van der Waals surface area contributed by atoms with Crippen molar-refractivity contribution in [3.63, 3.8) is 0 Å². The molecule has 6 nitrogen and oxygen atoms in total. The van der Waals surface area contributed by atoms with E-state index < -0.39 is 10.0 Å². The van der Waals surface area contributed by atoms with Crippen LogP contribution in [0.4, 0.5) is 0 Å². The van der Waals surface area contributed by atoms with E-state index in [1.54, 1.807) is 12.1 Å². The number of rotatable bonds is 3. The second-order valence-electron chi connectivity index (χ2n) is 3.55. The predicted octanol–water partition coefficient (Wildman–Crippen LogP) is 0.941. The van der Waals surface area contributed by atoms with Crippen LogP contribution in [-0.2, 0) is 10.0 Å². The van der Waals surface area contributed by atoms with Crippen LogP contribution in [-0.4, -0.2) is 23.8 Å². The SMILES string of the molecule is Cc1ccc(S(=O)(=O)/N=C(\N)c2csnn2)cc1. The maximum Gasteiger partial charge on any atom is 0.284 e. The molecule has 0 fully saturated rings. The van der Waals surface area contributed by atoms with E-state index in [0.29, 0.717) is 0 Å². The maximum atomic E-state index is 11.9. The fourth-order valence-electron chi connectivity index (χ4n) is 1.22. The Bertz CT molecular complexity index is 660. The quantitative estimate of drug-likeness (QED) is 0.667. The number of aryl methyl sites for hydroxylation is 1. The average molecular weight is 282 g/mol. The molecule has 1 aromatic heterocycles. The van der Waals surface area contributed by atoms with Gasteiger partial charge in [0.05, 0.1) is 4.90 Å². The van der Waals surface area contributed by atoms with Crippen molar-refractivity contribution in [2.24, 2.45) is 10.1 Å². The molecule has 0 aliphatic rings. The van der Waals surface area contributed by atoms with Crippen molar-refractivity contribution >= 4 is 27.4 Å². The van der Waals surface area contributed by atoms with E-state index in [0.717, 1.165) is 17.1 Å². The maximum absolute atomic E-state index is 11.9. The highest BCUT2D eigenvalue weighted by Gasteiger charge is 2.14. The molecule has 0 aliphatic carbocycles. The summed E-state index contributed by atoms with van der Waals surface area (Å²) in [6, 6.07) is 6.37. The largest absolute Gasteiger partial charge is 0.381 e.